The molecule has 0 saturated carbocycles. The highest BCUT2D eigenvalue weighted by Gasteiger charge is 2.04. The van der Waals surface area contributed by atoms with Gasteiger partial charge in [0.25, 0.3) is 0 Å². The van der Waals surface area contributed by atoms with E-state index in [4.69, 9.17) is 0 Å². The molecule has 0 bridgehead atoms. The van der Waals surface area contributed by atoms with E-state index >= 15 is 0 Å². The molecule has 1 atom stereocenters. The first-order valence-electron chi connectivity index (χ1n) is 4.97. The molecule has 0 heterocycles. The molecule has 0 saturated heterocycles. The van der Waals surface area contributed by atoms with Crippen molar-refractivity contribution < 1.29 is 0 Å². The molecule has 1 unspecified atom stereocenters. The van der Waals surface area contributed by atoms with Gasteiger partial charge in [0.2, 0.25) is 0 Å². The minimum atomic E-state index is 0. The average Bonchev–Trinajstić information content (AvgIpc) is 2.15. The standard InChI is InChI=1S/C12H19N.ClH/c1-10(2)11(3)13-9-12-7-5-4-6-8-12;/h4-8,10-11,13H,9H2,1-3H3;1H. The van der Waals surface area contributed by atoms with Crippen LogP contribution in [-0.2, 0) is 6.54 Å². The van der Waals surface area contributed by atoms with Crippen molar-refractivity contribution in [3.8, 4) is 0 Å². The van der Waals surface area contributed by atoms with E-state index in [1.54, 1.807) is 0 Å². The summed E-state index contributed by atoms with van der Waals surface area (Å²) < 4.78 is 0. The smallest absolute Gasteiger partial charge is 0.0208 e. The first-order chi connectivity index (χ1) is 6.20. The van der Waals surface area contributed by atoms with Crippen LogP contribution in [0.1, 0.15) is 26.3 Å². The Balaban J connectivity index is 0.00000169. The summed E-state index contributed by atoms with van der Waals surface area (Å²) in [4.78, 5) is 0. The van der Waals surface area contributed by atoms with Crippen LogP contribution >= 0.6 is 12.4 Å². The van der Waals surface area contributed by atoms with Gasteiger partial charge in [-0.3, -0.25) is 0 Å². The summed E-state index contributed by atoms with van der Waals surface area (Å²) in [6.07, 6.45) is 0. The Morgan fingerprint density at radius 2 is 1.64 bits per heavy atom. The number of halogens is 1. The van der Waals surface area contributed by atoms with Crippen molar-refractivity contribution in [3.05, 3.63) is 35.9 Å². The Bertz CT molecular complexity index is 233. The molecule has 1 nitrogen and oxygen atoms in total. The van der Waals surface area contributed by atoms with Crippen LogP contribution in [0.15, 0.2) is 30.3 Å². The van der Waals surface area contributed by atoms with Crippen LogP contribution in [0, 0.1) is 5.92 Å². The minimum absolute atomic E-state index is 0. The van der Waals surface area contributed by atoms with E-state index in [1.807, 2.05) is 0 Å². The molecule has 0 aliphatic heterocycles. The van der Waals surface area contributed by atoms with E-state index in [2.05, 4.69) is 56.4 Å². The summed E-state index contributed by atoms with van der Waals surface area (Å²) in [5.74, 6) is 0.698. The normalized spacial score (nSPS) is 12.3. The summed E-state index contributed by atoms with van der Waals surface area (Å²) in [7, 11) is 0. The maximum absolute atomic E-state index is 3.50. The van der Waals surface area contributed by atoms with Crippen LogP contribution in [0.4, 0.5) is 0 Å². The van der Waals surface area contributed by atoms with Crippen molar-refractivity contribution in [2.45, 2.75) is 33.4 Å². The van der Waals surface area contributed by atoms with Gasteiger partial charge in [0.05, 0.1) is 0 Å². The quantitative estimate of drug-likeness (QED) is 0.810. The lowest BCUT2D eigenvalue weighted by atomic mass is 10.1. The molecule has 2 heteroatoms. The molecule has 0 spiro atoms. The maximum atomic E-state index is 3.50. The highest BCUT2D eigenvalue weighted by Crippen LogP contribution is 2.03. The summed E-state index contributed by atoms with van der Waals surface area (Å²) in [5.41, 5.74) is 1.36. The molecule has 0 aliphatic rings. The number of rotatable bonds is 4. The van der Waals surface area contributed by atoms with Crippen molar-refractivity contribution in [2.24, 2.45) is 5.92 Å². The molecular weight excluding hydrogens is 194 g/mol. The zero-order valence-corrected chi connectivity index (χ0v) is 9.97. The van der Waals surface area contributed by atoms with Crippen molar-refractivity contribution >= 4 is 12.4 Å². The molecule has 80 valence electrons. The Hall–Kier alpha value is -0.530. The first kappa shape index (κ1) is 13.5. The fourth-order valence-corrected chi connectivity index (χ4v) is 1.11. The SMILES string of the molecule is CC(C)C(C)NCc1ccccc1.Cl. The Labute approximate surface area is 93.3 Å². The van der Waals surface area contributed by atoms with E-state index in [0.29, 0.717) is 12.0 Å². The van der Waals surface area contributed by atoms with E-state index in [1.165, 1.54) is 5.56 Å². The third-order valence-corrected chi connectivity index (χ3v) is 2.47. The van der Waals surface area contributed by atoms with Gasteiger partial charge in [-0.25, -0.2) is 0 Å². The Kier molecular flexibility index (Phi) is 6.60. The third-order valence-electron chi connectivity index (χ3n) is 2.47. The van der Waals surface area contributed by atoms with Crippen LogP contribution in [0.5, 0.6) is 0 Å². The van der Waals surface area contributed by atoms with Gasteiger partial charge in [0.15, 0.2) is 0 Å². The van der Waals surface area contributed by atoms with Gasteiger partial charge in [-0.05, 0) is 18.4 Å². The molecule has 0 fully saturated rings. The van der Waals surface area contributed by atoms with Gasteiger partial charge >= 0.3 is 0 Å². The summed E-state index contributed by atoms with van der Waals surface area (Å²) in [5, 5.41) is 3.50. The van der Waals surface area contributed by atoms with E-state index in [9.17, 15) is 0 Å². The second-order valence-corrected chi connectivity index (χ2v) is 3.90. The fraction of sp³-hybridized carbons (Fsp3) is 0.500. The molecular formula is C12H20ClN. The van der Waals surface area contributed by atoms with Crippen LogP contribution in [0.3, 0.4) is 0 Å². The van der Waals surface area contributed by atoms with Gasteiger partial charge in [0, 0.05) is 12.6 Å². The van der Waals surface area contributed by atoms with E-state index < -0.39 is 0 Å². The lowest BCUT2D eigenvalue weighted by molar-refractivity contribution is 0.426. The van der Waals surface area contributed by atoms with Crippen LogP contribution in [0.2, 0.25) is 0 Å². The fourth-order valence-electron chi connectivity index (χ4n) is 1.11. The summed E-state index contributed by atoms with van der Waals surface area (Å²) >= 11 is 0. The molecule has 1 rings (SSSR count). The highest BCUT2D eigenvalue weighted by atomic mass is 35.5. The second kappa shape index (κ2) is 6.86. The summed E-state index contributed by atoms with van der Waals surface area (Å²) in [6, 6.07) is 11.1. The van der Waals surface area contributed by atoms with Crippen LogP contribution < -0.4 is 5.32 Å². The molecule has 14 heavy (non-hydrogen) atoms. The lowest BCUT2D eigenvalue weighted by Gasteiger charge is -2.17. The predicted molar refractivity (Wildman–Crippen MR) is 64.8 cm³/mol. The average molecular weight is 214 g/mol. The third kappa shape index (κ3) is 4.64. The first-order valence-corrected chi connectivity index (χ1v) is 4.97. The monoisotopic (exact) mass is 213 g/mol. The van der Waals surface area contributed by atoms with Crippen LogP contribution in [0.25, 0.3) is 0 Å². The number of hydrogen-bond donors (Lipinski definition) is 1. The number of nitrogens with one attached hydrogen (secondary N) is 1. The van der Waals surface area contributed by atoms with Gasteiger partial charge < -0.3 is 5.32 Å². The molecule has 1 N–H and O–H groups in total. The summed E-state index contributed by atoms with van der Waals surface area (Å²) in [6.45, 7) is 7.68. The zero-order valence-electron chi connectivity index (χ0n) is 9.16. The molecule has 0 amide bonds. The molecule has 1 aromatic carbocycles. The Morgan fingerprint density at radius 3 is 2.14 bits per heavy atom. The molecule has 1 aromatic rings. The minimum Gasteiger partial charge on any atom is -0.310 e. The second-order valence-electron chi connectivity index (χ2n) is 3.90. The van der Waals surface area contributed by atoms with Crippen molar-refractivity contribution in [2.75, 3.05) is 0 Å². The molecule has 0 radical (unpaired) electrons. The van der Waals surface area contributed by atoms with Gasteiger partial charge in [0.1, 0.15) is 0 Å². The van der Waals surface area contributed by atoms with Crippen molar-refractivity contribution in [1.82, 2.24) is 5.32 Å². The maximum Gasteiger partial charge on any atom is 0.0208 e. The van der Waals surface area contributed by atoms with Gasteiger partial charge in [-0.15, -0.1) is 12.4 Å². The van der Waals surface area contributed by atoms with E-state index in [0.717, 1.165) is 6.54 Å². The van der Waals surface area contributed by atoms with E-state index in [-0.39, 0.29) is 12.4 Å². The Morgan fingerprint density at radius 1 is 1.07 bits per heavy atom. The lowest BCUT2D eigenvalue weighted by Crippen LogP contribution is -2.30. The number of benzene rings is 1. The molecule has 0 aliphatic carbocycles. The van der Waals surface area contributed by atoms with Crippen molar-refractivity contribution in [3.63, 3.8) is 0 Å². The highest BCUT2D eigenvalue weighted by molar-refractivity contribution is 5.85. The van der Waals surface area contributed by atoms with Crippen molar-refractivity contribution in [1.29, 1.82) is 0 Å². The predicted octanol–water partition coefficient (Wildman–Crippen LogP) is 3.24. The number of hydrogen-bond acceptors (Lipinski definition) is 1. The molecule has 0 aromatic heterocycles. The van der Waals surface area contributed by atoms with Gasteiger partial charge in [-0.2, -0.15) is 0 Å². The zero-order chi connectivity index (χ0) is 9.68. The van der Waals surface area contributed by atoms with Gasteiger partial charge in [-0.1, -0.05) is 44.2 Å². The van der Waals surface area contributed by atoms with Crippen LogP contribution in [-0.4, -0.2) is 6.04 Å². The topological polar surface area (TPSA) is 12.0 Å². The largest absolute Gasteiger partial charge is 0.310 e.